The maximum Gasteiger partial charge on any atom is 0.331 e. The van der Waals surface area contributed by atoms with Gasteiger partial charge < -0.3 is 20.1 Å². The summed E-state index contributed by atoms with van der Waals surface area (Å²) in [6.07, 6.45) is 5.73. The molecule has 1 fully saturated rings. The number of ether oxygens (including phenoxy) is 2. The van der Waals surface area contributed by atoms with E-state index in [1.54, 1.807) is 42.5 Å². The summed E-state index contributed by atoms with van der Waals surface area (Å²) in [4.78, 5) is 51.7. The Hall–Kier alpha value is -4.08. The number of anilines is 1. The van der Waals surface area contributed by atoms with Crippen LogP contribution in [-0.4, -0.2) is 41.2 Å². The number of hydrogen-bond donors (Lipinski definition) is 2. The van der Waals surface area contributed by atoms with Crippen LogP contribution in [0.2, 0.25) is 0 Å². The molecule has 1 heterocycles. The van der Waals surface area contributed by atoms with Crippen molar-refractivity contribution in [1.82, 2.24) is 14.5 Å². The van der Waals surface area contributed by atoms with Crippen LogP contribution in [-0.2, 0) is 22.7 Å². The molecular formula is C28H34N4O6. The highest BCUT2D eigenvalue weighted by Gasteiger charge is 2.18. The van der Waals surface area contributed by atoms with E-state index >= 15 is 0 Å². The van der Waals surface area contributed by atoms with Crippen LogP contribution in [0.1, 0.15) is 44.9 Å². The number of hydrogen-bond acceptors (Lipinski definition) is 6. The number of benzene rings is 2. The predicted molar refractivity (Wildman–Crippen MR) is 145 cm³/mol. The van der Waals surface area contributed by atoms with Gasteiger partial charge in [-0.15, -0.1) is 0 Å². The van der Waals surface area contributed by atoms with Gasteiger partial charge in [-0.3, -0.25) is 23.5 Å². The number of methoxy groups -OCH3 is 2. The monoisotopic (exact) mass is 522 g/mol. The van der Waals surface area contributed by atoms with Crippen molar-refractivity contribution >= 4 is 28.4 Å². The van der Waals surface area contributed by atoms with Gasteiger partial charge in [0.05, 0.1) is 25.1 Å². The van der Waals surface area contributed by atoms with Crippen LogP contribution >= 0.6 is 0 Å². The fraction of sp³-hybridized carbons (Fsp3) is 0.429. The van der Waals surface area contributed by atoms with E-state index < -0.39 is 17.2 Å². The third-order valence-electron chi connectivity index (χ3n) is 6.82. The van der Waals surface area contributed by atoms with E-state index in [0.29, 0.717) is 47.4 Å². The molecular weight excluding hydrogens is 488 g/mol. The van der Waals surface area contributed by atoms with Crippen LogP contribution in [0.5, 0.6) is 11.5 Å². The summed E-state index contributed by atoms with van der Waals surface area (Å²) in [6.45, 7) is -0.128. The lowest BCUT2D eigenvalue weighted by Crippen LogP contribution is -2.41. The number of rotatable bonds is 11. The fourth-order valence-corrected chi connectivity index (χ4v) is 4.87. The Kier molecular flexibility index (Phi) is 8.83. The molecule has 0 spiro atoms. The van der Waals surface area contributed by atoms with E-state index in [9.17, 15) is 19.2 Å². The molecule has 1 aromatic heterocycles. The van der Waals surface area contributed by atoms with Gasteiger partial charge in [-0.2, -0.15) is 0 Å². The average Bonchev–Trinajstić information content (AvgIpc) is 3.43. The summed E-state index contributed by atoms with van der Waals surface area (Å²) in [5.41, 5.74) is -0.140. The highest BCUT2D eigenvalue weighted by molar-refractivity contribution is 5.92. The second-order valence-electron chi connectivity index (χ2n) is 9.50. The highest BCUT2D eigenvalue weighted by atomic mass is 16.5. The minimum atomic E-state index is -0.567. The van der Waals surface area contributed by atoms with Crippen LogP contribution in [0.15, 0.2) is 52.1 Å². The van der Waals surface area contributed by atoms with Crippen molar-refractivity contribution in [3.05, 3.63) is 63.3 Å². The molecule has 202 valence electrons. The van der Waals surface area contributed by atoms with Gasteiger partial charge in [0.15, 0.2) is 0 Å². The number of nitrogens with one attached hydrogen (secondary N) is 2. The number of para-hydroxylation sites is 1. The lowest BCUT2D eigenvalue weighted by molar-refractivity contribution is -0.122. The number of amides is 2. The molecule has 2 N–H and O–H groups in total. The Bertz CT molecular complexity index is 1400. The molecule has 2 amide bonds. The molecule has 0 radical (unpaired) electrons. The van der Waals surface area contributed by atoms with Gasteiger partial charge in [0.1, 0.15) is 18.0 Å². The number of aromatic nitrogens is 2. The zero-order chi connectivity index (χ0) is 27.1. The zero-order valence-corrected chi connectivity index (χ0v) is 21.8. The Morgan fingerprint density at radius 1 is 0.921 bits per heavy atom. The van der Waals surface area contributed by atoms with E-state index in [0.717, 1.165) is 30.3 Å². The molecule has 4 rings (SSSR count). The second-order valence-corrected chi connectivity index (χ2v) is 9.50. The van der Waals surface area contributed by atoms with E-state index in [4.69, 9.17) is 9.47 Å². The van der Waals surface area contributed by atoms with Gasteiger partial charge in [-0.05, 0) is 37.8 Å². The largest absolute Gasteiger partial charge is 0.497 e. The first-order chi connectivity index (χ1) is 18.4. The summed E-state index contributed by atoms with van der Waals surface area (Å²) < 4.78 is 12.9. The van der Waals surface area contributed by atoms with Crippen LogP contribution in [0, 0.1) is 0 Å². The summed E-state index contributed by atoms with van der Waals surface area (Å²) >= 11 is 0. The molecule has 38 heavy (non-hydrogen) atoms. The second kappa shape index (κ2) is 12.4. The molecule has 2 aromatic carbocycles. The standard InChI is InChI=1S/C28H34N4O6/c1-37-21-15-20(16-22(17-21)38-2)30-26(34)18-32-24-12-6-5-11-23(24)27(35)31(28(32)36)14-8-7-13-25(33)29-19-9-3-4-10-19/h5-6,11-12,15-17,19H,3-4,7-10,13-14,18H2,1-2H3,(H,29,33)(H,30,34). The van der Waals surface area contributed by atoms with Crippen LogP contribution in [0.25, 0.3) is 10.9 Å². The molecule has 0 bridgehead atoms. The Labute approximate surface area is 220 Å². The van der Waals surface area contributed by atoms with Crippen molar-refractivity contribution < 1.29 is 19.1 Å². The average molecular weight is 523 g/mol. The minimum Gasteiger partial charge on any atom is -0.497 e. The van der Waals surface area contributed by atoms with Crippen molar-refractivity contribution in [3.8, 4) is 11.5 Å². The van der Waals surface area contributed by atoms with Crippen molar-refractivity contribution in [1.29, 1.82) is 0 Å². The molecule has 10 nitrogen and oxygen atoms in total. The molecule has 0 aliphatic heterocycles. The van der Waals surface area contributed by atoms with E-state index in [1.807, 2.05) is 0 Å². The first-order valence-electron chi connectivity index (χ1n) is 12.9. The van der Waals surface area contributed by atoms with Gasteiger partial charge in [0, 0.05) is 42.9 Å². The third kappa shape index (κ3) is 6.42. The van der Waals surface area contributed by atoms with Crippen molar-refractivity contribution in [2.24, 2.45) is 0 Å². The molecule has 1 aliphatic carbocycles. The molecule has 3 aromatic rings. The Morgan fingerprint density at radius 2 is 1.61 bits per heavy atom. The van der Waals surface area contributed by atoms with Gasteiger partial charge in [-0.1, -0.05) is 25.0 Å². The summed E-state index contributed by atoms with van der Waals surface area (Å²) in [7, 11) is 3.02. The van der Waals surface area contributed by atoms with Crippen molar-refractivity contribution in [3.63, 3.8) is 0 Å². The molecule has 10 heteroatoms. The summed E-state index contributed by atoms with van der Waals surface area (Å²) in [6, 6.07) is 12.0. The van der Waals surface area contributed by atoms with Crippen molar-refractivity contribution in [2.75, 3.05) is 19.5 Å². The van der Waals surface area contributed by atoms with Gasteiger partial charge in [-0.25, -0.2) is 4.79 Å². The molecule has 1 saturated carbocycles. The smallest absolute Gasteiger partial charge is 0.331 e. The minimum absolute atomic E-state index is 0.00557. The summed E-state index contributed by atoms with van der Waals surface area (Å²) in [5.74, 6) is 0.577. The fourth-order valence-electron chi connectivity index (χ4n) is 4.87. The van der Waals surface area contributed by atoms with E-state index in [-0.39, 0.29) is 25.0 Å². The highest BCUT2D eigenvalue weighted by Crippen LogP contribution is 2.25. The zero-order valence-electron chi connectivity index (χ0n) is 21.8. The molecule has 0 saturated heterocycles. The van der Waals surface area contributed by atoms with Gasteiger partial charge in [0.2, 0.25) is 11.8 Å². The van der Waals surface area contributed by atoms with Crippen LogP contribution < -0.4 is 31.4 Å². The van der Waals surface area contributed by atoms with E-state index in [2.05, 4.69) is 10.6 Å². The van der Waals surface area contributed by atoms with Gasteiger partial charge in [0.25, 0.3) is 5.56 Å². The first-order valence-corrected chi connectivity index (χ1v) is 12.9. The SMILES string of the molecule is COc1cc(NC(=O)Cn2c(=O)n(CCCCC(=O)NC3CCCC3)c(=O)c3ccccc32)cc(OC)c1. The Morgan fingerprint density at radius 3 is 2.29 bits per heavy atom. The quantitative estimate of drug-likeness (QED) is 0.374. The third-order valence-corrected chi connectivity index (χ3v) is 6.82. The number of carbonyl (C=O) groups excluding carboxylic acids is 2. The van der Waals surface area contributed by atoms with Gasteiger partial charge >= 0.3 is 5.69 Å². The van der Waals surface area contributed by atoms with E-state index in [1.165, 1.54) is 18.8 Å². The maximum absolute atomic E-state index is 13.4. The normalized spacial score (nSPS) is 13.4. The number of nitrogens with zero attached hydrogens (tertiary/aromatic N) is 2. The Balaban J connectivity index is 1.49. The molecule has 0 atom stereocenters. The predicted octanol–water partition coefficient (Wildman–Crippen LogP) is 3.05. The van der Waals surface area contributed by atoms with Crippen molar-refractivity contribution in [2.45, 2.75) is 64.1 Å². The lowest BCUT2D eigenvalue weighted by Gasteiger charge is -2.15. The summed E-state index contributed by atoms with van der Waals surface area (Å²) in [5, 5.41) is 6.17. The number of carbonyl (C=O) groups is 2. The van der Waals surface area contributed by atoms with Crippen LogP contribution in [0.3, 0.4) is 0 Å². The van der Waals surface area contributed by atoms with Crippen LogP contribution in [0.4, 0.5) is 5.69 Å². The number of unbranched alkanes of at least 4 members (excludes halogenated alkanes) is 1. The molecule has 1 aliphatic rings. The topological polar surface area (TPSA) is 121 Å². The first kappa shape index (κ1) is 27.0. The molecule has 0 unspecified atom stereocenters. The maximum atomic E-state index is 13.4. The number of fused-ring (bicyclic) bond motifs is 1. The lowest BCUT2D eigenvalue weighted by atomic mass is 10.2.